The van der Waals surface area contributed by atoms with Crippen molar-refractivity contribution in [3.63, 3.8) is 0 Å². The van der Waals surface area contributed by atoms with E-state index in [0.717, 1.165) is 25.2 Å². The number of hydrogen-bond donors (Lipinski definition) is 1. The van der Waals surface area contributed by atoms with Gasteiger partial charge in [0, 0.05) is 12.8 Å². The topological polar surface area (TPSA) is 54.4 Å². The molecule has 0 aromatic rings. The van der Waals surface area contributed by atoms with Crippen LogP contribution in [0.4, 0.5) is 0 Å². The highest BCUT2D eigenvalue weighted by atomic mass is 16.4. The van der Waals surface area contributed by atoms with Crippen LogP contribution in [0.25, 0.3) is 0 Å². The Morgan fingerprint density at radius 1 is 1.16 bits per heavy atom. The number of aliphatic carboxylic acids is 1. The fraction of sp³-hybridized carbons (Fsp3) is 0.875. The lowest BCUT2D eigenvalue weighted by Crippen LogP contribution is -2.35. The van der Waals surface area contributed by atoms with Gasteiger partial charge in [-0.2, -0.15) is 0 Å². The number of carbonyl (C=O) groups is 2. The van der Waals surface area contributed by atoms with Gasteiger partial charge in [-0.1, -0.05) is 46.0 Å². The summed E-state index contributed by atoms with van der Waals surface area (Å²) in [6.07, 6.45) is 8.58. The lowest BCUT2D eigenvalue weighted by atomic mass is 9.70. The van der Waals surface area contributed by atoms with Gasteiger partial charge >= 0.3 is 5.97 Å². The first-order chi connectivity index (χ1) is 8.96. The third-order valence-corrected chi connectivity index (χ3v) is 4.41. The van der Waals surface area contributed by atoms with E-state index in [0.29, 0.717) is 25.7 Å². The van der Waals surface area contributed by atoms with Crippen molar-refractivity contribution in [2.24, 2.45) is 11.3 Å². The highest BCUT2D eigenvalue weighted by Gasteiger charge is 2.40. The zero-order valence-corrected chi connectivity index (χ0v) is 12.4. The Morgan fingerprint density at radius 3 is 2.26 bits per heavy atom. The molecule has 0 bridgehead atoms. The molecule has 1 fully saturated rings. The van der Waals surface area contributed by atoms with E-state index >= 15 is 0 Å². The van der Waals surface area contributed by atoms with Crippen LogP contribution >= 0.6 is 0 Å². The van der Waals surface area contributed by atoms with E-state index in [1.54, 1.807) is 0 Å². The Balaban J connectivity index is 2.27. The predicted octanol–water partition coefficient (Wildman–Crippen LogP) is 4.20. The van der Waals surface area contributed by atoms with Crippen molar-refractivity contribution < 1.29 is 14.7 Å². The van der Waals surface area contributed by atoms with Gasteiger partial charge in [-0.25, -0.2) is 0 Å². The predicted molar refractivity (Wildman–Crippen MR) is 76.1 cm³/mol. The first kappa shape index (κ1) is 16.2. The summed E-state index contributed by atoms with van der Waals surface area (Å²) in [5, 5.41) is 9.44. The molecule has 0 aromatic heterocycles. The van der Waals surface area contributed by atoms with Crippen molar-refractivity contribution in [3.8, 4) is 0 Å². The average Bonchev–Trinajstić information content (AvgIpc) is 2.35. The van der Waals surface area contributed by atoms with E-state index < -0.39 is 11.4 Å². The molecule has 0 saturated heterocycles. The van der Waals surface area contributed by atoms with Crippen molar-refractivity contribution in [3.05, 3.63) is 0 Å². The molecule has 1 rings (SSSR count). The summed E-state index contributed by atoms with van der Waals surface area (Å²) in [6, 6.07) is 0. The number of hydrogen-bond acceptors (Lipinski definition) is 2. The molecule has 0 unspecified atom stereocenters. The van der Waals surface area contributed by atoms with E-state index in [1.165, 1.54) is 19.3 Å². The van der Waals surface area contributed by atoms with Crippen LogP contribution in [-0.2, 0) is 9.59 Å². The number of carboxylic acid groups (broad SMARTS) is 1. The van der Waals surface area contributed by atoms with Crippen molar-refractivity contribution in [2.45, 2.75) is 78.1 Å². The van der Waals surface area contributed by atoms with Crippen LogP contribution in [0.3, 0.4) is 0 Å². The molecule has 1 saturated carbocycles. The van der Waals surface area contributed by atoms with Gasteiger partial charge < -0.3 is 5.11 Å². The Morgan fingerprint density at radius 2 is 1.74 bits per heavy atom. The van der Waals surface area contributed by atoms with Crippen molar-refractivity contribution in [1.29, 1.82) is 0 Å². The van der Waals surface area contributed by atoms with E-state index in [4.69, 9.17) is 0 Å². The zero-order chi connectivity index (χ0) is 14.3. The second-order valence-electron chi connectivity index (χ2n) is 6.47. The molecule has 110 valence electrons. The maximum absolute atomic E-state index is 11.5. The van der Waals surface area contributed by atoms with Gasteiger partial charge in [-0.3, -0.25) is 9.59 Å². The van der Waals surface area contributed by atoms with Crippen LogP contribution < -0.4 is 0 Å². The molecule has 3 nitrogen and oxygen atoms in total. The molecule has 1 N–H and O–H groups in total. The first-order valence-electron chi connectivity index (χ1n) is 7.71. The van der Waals surface area contributed by atoms with E-state index in [9.17, 15) is 14.7 Å². The number of rotatable bonds is 8. The third-order valence-electron chi connectivity index (χ3n) is 4.41. The summed E-state index contributed by atoms with van der Waals surface area (Å²) >= 11 is 0. The maximum Gasteiger partial charge on any atom is 0.309 e. The minimum absolute atomic E-state index is 0.230. The van der Waals surface area contributed by atoms with E-state index in [1.807, 2.05) is 0 Å². The van der Waals surface area contributed by atoms with Gasteiger partial charge in [-0.05, 0) is 25.2 Å². The molecule has 1 aliphatic rings. The normalized spacial score (nSPS) is 18.8. The minimum atomic E-state index is -0.692. The van der Waals surface area contributed by atoms with Crippen molar-refractivity contribution >= 4 is 11.8 Å². The largest absolute Gasteiger partial charge is 0.481 e. The molecule has 0 aromatic carbocycles. The fourth-order valence-electron chi connectivity index (χ4n) is 2.95. The molecule has 3 heteroatoms. The van der Waals surface area contributed by atoms with Gasteiger partial charge in [0.25, 0.3) is 0 Å². The Hall–Kier alpha value is -0.860. The van der Waals surface area contributed by atoms with Gasteiger partial charge in [0.05, 0.1) is 5.41 Å². The lowest BCUT2D eigenvalue weighted by molar-refractivity contribution is -0.152. The minimum Gasteiger partial charge on any atom is -0.481 e. The fourth-order valence-corrected chi connectivity index (χ4v) is 2.95. The van der Waals surface area contributed by atoms with Crippen LogP contribution in [-0.4, -0.2) is 16.9 Å². The van der Waals surface area contributed by atoms with Gasteiger partial charge in [0.1, 0.15) is 5.78 Å². The molecule has 0 atom stereocenters. The average molecular weight is 268 g/mol. The monoisotopic (exact) mass is 268 g/mol. The molecule has 1 aliphatic carbocycles. The SMILES string of the molecule is CC(C)CCCCCCC1(C(=O)O)CCC(=O)CC1. The first-order valence-corrected chi connectivity index (χ1v) is 7.71. The second kappa shape index (κ2) is 7.66. The van der Waals surface area contributed by atoms with Crippen molar-refractivity contribution in [1.82, 2.24) is 0 Å². The quantitative estimate of drug-likeness (QED) is 0.671. The Bertz CT molecular complexity index is 297. The zero-order valence-electron chi connectivity index (χ0n) is 12.4. The number of Topliss-reactive ketones (excluding diaryl/α,β-unsaturated/α-hetero) is 1. The Labute approximate surface area is 116 Å². The molecule has 0 heterocycles. The Kier molecular flexibility index (Phi) is 6.53. The standard InChI is InChI=1S/C16H28O3/c1-13(2)7-5-3-4-6-10-16(15(18)19)11-8-14(17)9-12-16/h13H,3-12H2,1-2H3,(H,18,19). The highest BCUT2D eigenvalue weighted by molar-refractivity contribution is 5.83. The number of carboxylic acids is 1. The van der Waals surface area contributed by atoms with Crippen LogP contribution in [0.15, 0.2) is 0 Å². The summed E-state index contributed by atoms with van der Waals surface area (Å²) < 4.78 is 0. The van der Waals surface area contributed by atoms with Gasteiger partial charge in [0.15, 0.2) is 0 Å². The maximum atomic E-state index is 11.5. The number of unbranched alkanes of at least 4 members (excludes halogenated alkanes) is 3. The summed E-state index contributed by atoms with van der Waals surface area (Å²) in [7, 11) is 0. The van der Waals surface area contributed by atoms with Crippen molar-refractivity contribution in [2.75, 3.05) is 0 Å². The molecule has 0 radical (unpaired) electrons. The van der Waals surface area contributed by atoms with Crippen LogP contribution in [0.2, 0.25) is 0 Å². The highest BCUT2D eigenvalue weighted by Crippen LogP contribution is 2.39. The lowest BCUT2D eigenvalue weighted by Gasteiger charge is -2.32. The van der Waals surface area contributed by atoms with Crippen LogP contribution in [0.5, 0.6) is 0 Å². The molecule has 0 amide bonds. The van der Waals surface area contributed by atoms with E-state index in [-0.39, 0.29) is 5.78 Å². The van der Waals surface area contributed by atoms with Gasteiger partial charge in [-0.15, -0.1) is 0 Å². The van der Waals surface area contributed by atoms with E-state index in [2.05, 4.69) is 13.8 Å². The molecule has 19 heavy (non-hydrogen) atoms. The summed E-state index contributed by atoms with van der Waals surface area (Å²) in [5.41, 5.74) is -0.605. The second-order valence-corrected chi connectivity index (χ2v) is 6.47. The van der Waals surface area contributed by atoms with Crippen LogP contribution in [0.1, 0.15) is 78.1 Å². The summed E-state index contributed by atoms with van der Waals surface area (Å²) in [5.74, 6) is 0.297. The summed E-state index contributed by atoms with van der Waals surface area (Å²) in [6.45, 7) is 4.47. The molecule has 0 aliphatic heterocycles. The third kappa shape index (κ3) is 5.33. The number of carbonyl (C=O) groups excluding carboxylic acids is 1. The molecular formula is C16H28O3. The number of ketones is 1. The summed E-state index contributed by atoms with van der Waals surface area (Å²) in [4.78, 5) is 22.7. The molecule has 0 spiro atoms. The molecular weight excluding hydrogens is 240 g/mol. The van der Waals surface area contributed by atoms with Crippen LogP contribution in [0, 0.1) is 11.3 Å². The van der Waals surface area contributed by atoms with Gasteiger partial charge in [0.2, 0.25) is 0 Å². The smallest absolute Gasteiger partial charge is 0.309 e.